The summed E-state index contributed by atoms with van der Waals surface area (Å²) in [5.74, 6) is 0.654. The Morgan fingerprint density at radius 1 is 1.04 bits per heavy atom. The quantitative estimate of drug-likeness (QED) is 0.809. The Labute approximate surface area is 149 Å². The Morgan fingerprint density at radius 2 is 1.71 bits per heavy atom. The molecule has 0 radical (unpaired) electrons. The van der Waals surface area contributed by atoms with Crippen molar-refractivity contribution < 1.29 is 14.3 Å². The Hall–Kier alpha value is -2.08. The third-order valence-corrected chi connectivity index (χ3v) is 5.07. The van der Waals surface area contributed by atoms with E-state index in [1.807, 2.05) is 36.4 Å². The maximum absolute atomic E-state index is 12.3. The first-order chi connectivity index (χ1) is 11.6. The Kier molecular flexibility index (Phi) is 5.04. The van der Waals surface area contributed by atoms with E-state index in [4.69, 9.17) is 4.74 Å². The van der Waals surface area contributed by atoms with Crippen LogP contribution in [-0.2, 0) is 9.59 Å². The molecule has 2 aromatic rings. The molecule has 1 heterocycles. The molecule has 0 N–H and O–H groups in total. The number of ether oxygens (including phenoxy) is 1. The predicted molar refractivity (Wildman–Crippen MR) is 96.0 cm³/mol. The fourth-order valence-corrected chi connectivity index (χ4v) is 3.43. The third kappa shape index (κ3) is 3.53. The predicted octanol–water partition coefficient (Wildman–Crippen LogP) is 2.67. The van der Waals surface area contributed by atoms with Gasteiger partial charge in [0.25, 0.3) is 5.91 Å². The molecule has 0 bridgehead atoms. The van der Waals surface area contributed by atoms with Crippen LogP contribution in [0.4, 0.5) is 0 Å². The molecular formula is C18H19BrN2O3. The van der Waals surface area contributed by atoms with Crippen LogP contribution in [0.3, 0.4) is 0 Å². The first-order valence-electron chi connectivity index (χ1n) is 7.89. The van der Waals surface area contributed by atoms with Gasteiger partial charge in [0.15, 0.2) is 6.61 Å². The van der Waals surface area contributed by atoms with Crippen molar-refractivity contribution in [3.05, 3.63) is 40.9 Å². The molecule has 0 aliphatic carbocycles. The number of hydrogen-bond acceptors (Lipinski definition) is 3. The van der Waals surface area contributed by atoms with Crippen LogP contribution < -0.4 is 4.74 Å². The van der Waals surface area contributed by atoms with E-state index in [9.17, 15) is 9.59 Å². The molecule has 0 saturated carbocycles. The van der Waals surface area contributed by atoms with Crippen molar-refractivity contribution in [3.63, 3.8) is 0 Å². The first kappa shape index (κ1) is 16.8. The van der Waals surface area contributed by atoms with Crippen LogP contribution in [0.5, 0.6) is 5.75 Å². The van der Waals surface area contributed by atoms with Gasteiger partial charge in [0.2, 0.25) is 5.91 Å². The second-order valence-electron chi connectivity index (χ2n) is 5.77. The van der Waals surface area contributed by atoms with Gasteiger partial charge in [-0.3, -0.25) is 9.59 Å². The van der Waals surface area contributed by atoms with Crippen molar-refractivity contribution in [2.45, 2.75) is 6.92 Å². The van der Waals surface area contributed by atoms with E-state index in [2.05, 4.69) is 15.9 Å². The number of carbonyl (C=O) groups is 2. The minimum atomic E-state index is -0.0572. The first-order valence-corrected chi connectivity index (χ1v) is 8.69. The standard InChI is InChI=1S/C18H19BrN2O3/c1-13(22)20-8-10-21(11-9-20)17(23)12-24-16-7-6-14-4-2-3-5-15(14)18(16)19/h2-7H,8-12H2,1H3. The second kappa shape index (κ2) is 7.21. The van der Waals surface area contributed by atoms with Gasteiger partial charge in [-0.05, 0) is 32.8 Å². The lowest BCUT2D eigenvalue weighted by molar-refractivity contribution is -0.139. The molecule has 1 aliphatic rings. The molecule has 1 saturated heterocycles. The number of rotatable bonds is 3. The average Bonchev–Trinajstić information content (AvgIpc) is 2.61. The number of fused-ring (bicyclic) bond motifs is 1. The van der Waals surface area contributed by atoms with Gasteiger partial charge in [-0.2, -0.15) is 0 Å². The van der Waals surface area contributed by atoms with Crippen molar-refractivity contribution in [3.8, 4) is 5.75 Å². The topological polar surface area (TPSA) is 49.9 Å². The van der Waals surface area contributed by atoms with E-state index < -0.39 is 0 Å². The normalized spacial score (nSPS) is 14.8. The van der Waals surface area contributed by atoms with Gasteiger partial charge in [-0.1, -0.05) is 30.3 Å². The zero-order valence-electron chi connectivity index (χ0n) is 13.5. The van der Waals surface area contributed by atoms with Gasteiger partial charge >= 0.3 is 0 Å². The lowest BCUT2D eigenvalue weighted by Gasteiger charge is -2.34. The van der Waals surface area contributed by atoms with Gasteiger partial charge in [-0.25, -0.2) is 0 Å². The summed E-state index contributed by atoms with van der Waals surface area (Å²) < 4.78 is 6.57. The molecule has 2 amide bonds. The van der Waals surface area contributed by atoms with E-state index in [0.29, 0.717) is 31.9 Å². The van der Waals surface area contributed by atoms with Gasteiger partial charge in [0.1, 0.15) is 5.75 Å². The summed E-state index contributed by atoms with van der Waals surface area (Å²) in [6, 6.07) is 11.8. The summed E-state index contributed by atoms with van der Waals surface area (Å²) in [5.41, 5.74) is 0. The summed E-state index contributed by atoms with van der Waals surface area (Å²) >= 11 is 3.56. The lowest BCUT2D eigenvalue weighted by atomic mass is 10.1. The number of nitrogens with zero attached hydrogens (tertiary/aromatic N) is 2. The van der Waals surface area contributed by atoms with Crippen molar-refractivity contribution in [1.29, 1.82) is 0 Å². The van der Waals surface area contributed by atoms with Gasteiger partial charge < -0.3 is 14.5 Å². The van der Waals surface area contributed by atoms with Crippen molar-refractivity contribution >= 4 is 38.5 Å². The van der Waals surface area contributed by atoms with Gasteiger partial charge in [0.05, 0.1) is 4.47 Å². The fraction of sp³-hybridized carbons (Fsp3) is 0.333. The van der Waals surface area contributed by atoms with Gasteiger partial charge in [0, 0.05) is 33.1 Å². The maximum atomic E-state index is 12.3. The molecule has 0 unspecified atom stereocenters. The largest absolute Gasteiger partial charge is 0.483 e. The SMILES string of the molecule is CC(=O)N1CCN(C(=O)COc2ccc3ccccc3c2Br)CC1. The number of piperazine rings is 1. The number of carbonyl (C=O) groups excluding carboxylic acids is 2. The van der Waals surface area contributed by atoms with E-state index in [-0.39, 0.29) is 18.4 Å². The van der Waals surface area contributed by atoms with Crippen LogP contribution in [0, 0.1) is 0 Å². The highest BCUT2D eigenvalue weighted by Gasteiger charge is 2.22. The third-order valence-electron chi connectivity index (χ3n) is 4.26. The molecule has 6 heteroatoms. The molecule has 0 spiro atoms. The molecule has 0 aromatic heterocycles. The molecule has 2 aromatic carbocycles. The number of hydrogen-bond donors (Lipinski definition) is 0. The fourth-order valence-electron chi connectivity index (χ4n) is 2.83. The lowest BCUT2D eigenvalue weighted by Crippen LogP contribution is -2.51. The summed E-state index contributed by atoms with van der Waals surface area (Å²) in [7, 11) is 0. The number of amides is 2. The smallest absolute Gasteiger partial charge is 0.260 e. The van der Waals surface area contributed by atoms with Crippen LogP contribution >= 0.6 is 15.9 Å². The maximum Gasteiger partial charge on any atom is 0.260 e. The summed E-state index contributed by atoms with van der Waals surface area (Å²) in [4.78, 5) is 27.1. The number of benzene rings is 2. The average molecular weight is 391 g/mol. The summed E-state index contributed by atoms with van der Waals surface area (Å²) in [6.45, 7) is 3.83. The zero-order valence-corrected chi connectivity index (χ0v) is 15.1. The number of halogens is 1. The highest BCUT2D eigenvalue weighted by Crippen LogP contribution is 2.33. The molecule has 0 atom stereocenters. The van der Waals surface area contributed by atoms with Crippen molar-refractivity contribution in [2.75, 3.05) is 32.8 Å². The Bertz CT molecular complexity index is 770. The monoisotopic (exact) mass is 390 g/mol. The molecule has 24 heavy (non-hydrogen) atoms. The zero-order chi connectivity index (χ0) is 17.1. The second-order valence-corrected chi connectivity index (χ2v) is 6.57. The molecule has 5 nitrogen and oxygen atoms in total. The van der Waals surface area contributed by atoms with E-state index in [1.165, 1.54) is 0 Å². The Balaban J connectivity index is 1.61. The van der Waals surface area contributed by atoms with Crippen LogP contribution in [0.2, 0.25) is 0 Å². The van der Waals surface area contributed by atoms with Gasteiger partial charge in [-0.15, -0.1) is 0 Å². The molecule has 3 rings (SSSR count). The molecule has 126 valence electrons. The Morgan fingerprint density at radius 3 is 2.42 bits per heavy atom. The summed E-state index contributed by atoms with van der Waals surface area (Å²) in [5, 5.41) is 2.17. The minimum absolute atomic E-state index is 0.00296. The highest BCUT2D eigenvalue weighted by atomic mass is 79.9. The van der Waals surface area contributed by atoms with Crippen LogP contribution in [0.15, 0.2) is 40.9 Å². The van der Waals surface area contributed by atoms with Crippen molar-refractivity contribution in [2.24, 2.45) is 0 Å². The van der Waals surface area contributed by atoms with E-state index in [0.717, 1.165) is 15.2 Å². The minimum Gasteiger partial charge on any atom is -0.483 e. The van der Waals surface area contributed by atoms with Crippen LogP contribution in [0.1, 0.15) is 6.92 Å². The molecule has 1 fully saturated rings. The van der Waals surface area contributed by atoms with Crippen molar-refractivity contribution in [1.82, 2.24) is 9.80 Å². The molecular weight excluding hydrogens is 372 g/mol. The van der Waals surface area contributed by atoms with E-state index in [1.54, 1.807) is 16.7 Å². The van der Waals surface area contributed by atoms with E-state index >= 15 is 0 Å². The molecule has 1 aliphatic heterocycles. The van der Waals surface area contributed by atoms with Crippen LogP contribution in [0.25, 0.3) is 10.8 Å². The highest BCUT2D eigenvalue weighted by molar-refractivity contribution is 9.10. The summed E-state index contributed by atoms with van der Waals surface area (Å²) in [6.07, 6.45) is 0. The van der Waals surface area contributed by atoms with Crippen LogP contribution in [-0.4, -0.2) is 54.4 Å².